The molecule has 4 heteroatoms. The van der Waals surface area contributed by atoms with Crippen LogP contribution in [-0.2, 0) is 4.79 Å². The van der Waals surface area contributed by atoms with Gasteiger partial charge in [0.05, 0.1) is 0 Å². The predicted molar refractivity (Wildman–Crippen MR) is 72.2 cm³/mol. The Bertz CT molecular complexity index is 402. The summed E-state index contributed by atoms with van der Waals surface area (Å²) in [5.41, 5.74) is 6.90. The summed E-state index contributed by atoms with van der Waals surface area (Å²) in [4.78, 5) is 15.6. The first-order chi connectivity index (χ1) is 8.74. The Morgan fingerprint density at radius 2 is 2.22 bits per heavy atom. The van der Waals surface area contributed by atoms with Crippen LogP contribution in [0.25, 0.3) is 0 Å². The number of piperidine rings is 1. The van der Waals surface area contributed by atoms with E-state index in [4.69, 9.17) is 5.73 Å². The number of hydrogen-bond donors (Lipinski definition) is 2. The number of nitrogens with two attached hydrogens (primary N) is 1. The Kier molecular flexibility index (Phi) is 4.31. The molecule has 3 N–H and O–H groups in total. The van der Waals surface area contributed by atoms with Crippen molar-refractivity contribution < 1.29 is 4.79 Å². The second kappa shape index (κ2) is 5.96. The number of hydrogen-bond acceptors (Lipinski definition) is 4. The maximum absolute atomic E-state index is 11.4. The molecule has 4 nitrogen and oxygen atoms in total. The van der Waals surface area contributed by atoms with E-state index in [0.29, 0.717) is 11.7 Å². The molecule has 18 heavy (non-hydrogen) atoms. The molecule has 1 aromatic heterocycles. The van der Waals surface area contributed by atoms with Crippen molar-refractivity contribution in [3.05, 3.63) is 23.9 Å². The second-order valence-corrected chi connectivity index (χ2v) is 5.07. The number of anilines is 1. The summed E-state index contributed by atoms with van der Waals surface area (Å²) in [6.07, 6.45) is 4.92. The summed E-state index contributed by atoms with van der Waals surface area (Å²) in [7, 11) is 0. The fourth-order valence-corrected chi connectivity index (χ4v) is 2.89. The Morgan fingerprint density at radius 3 is 2.83 bits per heavy atom. The molecule has 1 aliphatic heterocycles. The van der Waals surface area contributed by atoms with Crippen molar-refractivity contribution >= 4 is 12.1 Å². The average molecular weight is 247 g/mol. The van der Waals surface area contributed by atoms with Gasteiger partial charge in [0.1, 0.15) is 12.1 Å². The number of pyridine rings is 1. The number of aromatic nitrogens is 1. The Morgan fingerprint density at radius 1 is 1.50 bits per heavy atom. The molecule has 0 aliphatic carbocycles. The van der Waals surface area contributed by atoms with Crippen LogP contribution in [0, 0.1) is 11.8 Å². The van der Waals surface area contributed by atoms with Crippen LogP contribution in [0.15, 0.2) is 18.3 Å². The Labute approximate surface area is 108 Å². The fourth-order valence-electron chi connectivity index (χ4n) is 2.89. The van der Waals surface area contributed by atoms with E-state index in [0.717, 1.165) is 37.8 Å². The van der Waals surface area contributed by atoms with Crippen LogP contribution in [0.1, 0.15) is 31.2 Å². The lowest BCUT2D eigenvalue weighted by molar-refractivity contribution is -0.113. The Balaban J connectivity index is 2.16. The second-order valence-electron chi connectivity index (χ2n) is 5.07. The topological polar surface area (TPSA) is 68.0 Å². The summed E-state index contributed by atoms with van der Waals surface area (Å²) in [6.45, 7) is 4.09. The molecule has 0 bridgehead atoms. The highest BCUT2D eigenvalue weighted by atomic mass is 16.1. The van der Waals surface area contributed by atoms with E-state index in [1.54, 1.807) is 6.20 Å². The molecule has 0 amide bonds. The van der Waals surface area contributed by atoms with Gasteiger partial charge < -0.3 is 15.8 Å². The molecule has 98 valence electrons. The highest BCUT2D eigenvalue weighted by Gasteiger charge is 2.29. The normalized spacial score (nSPS) is 20.3. The molecule has 2 atom stereocenters. The molecule has 2 heterocycles. The summed E-state index contributed by atoms with van der Waals surface area (Å²) in [6, 6.07) is 3.86. The predicted octanol–water partition coefficient (Wildman–Crippen LogP) is 1.58. The molecule has 1 fully saturated rings. The quantitative estimate of drug-likeness (QED) is 0.793. The first-order valence-corrected chi connectivity index (χ1v) is 6.60. The van der Waals surface area contributed by atoms with E-state index in [1.165, 1.54) is 0 Å². The maximum Gasteiger partial charge on any atom is 0.126 e. The largest absolute Gasteiger partial charge is 0.383 e. The molecule has 2 rings (SSSR count). The zero-order valence-corrected chi connectivity index (χ0v) is 10.8. The number of nitrogens with one attached hydrogen (secondary N) is 1. The van der Waals surface area contributed by atoms with Gasteiger partial charge in [-0.3, -0.25) is 0 Å². The lowest BCUT2D eigenvalue weighted by atomic mass is 9.76. The number of nitrogens with zero attached hydrogens (tertiary/aromatic N) is 1. The maximum atomic E-state index is 11.4. The van der Waals surface area contributed by atoms with Gasteiger partial charge in [0.2, 0.25) is 0 Å². The zero-order chi connectivity index (χ0) is 13.0. The lowest BCUT2D eigenvalue weighted by Gasteiger charge is -2.31. The molecule has 1 saturated heterocycles. The molecule has 1 aliphatic rings. The molecule has 0 radical (unpaired) electrons. The highest BCUT2D eigenvalue weighted by molar-refractivity contribution is 5.58. The van der Waals surface area contributed by atoms with Crippen LogP contribution < -0.4 is 11.1 Å². The van der Waals surface area contributed by atoms with Crippen molar-refractivity contribution in [2.24, 2.45) is 11.8 Å². The van der Waals surface area contributed by atoms with Gasteiger partial charge in [0.15, 0.2) is 0 Å². The molecule has 0 saturated carbocycles. The molecule has 1 aromatic rings. The number of carbonyl (C=O) groups excluding carboxylic acids is 1. The van der Waals surface area contributed by atoms with Crippen molar-refractivity contribution in [1.82, 2.24) is 10.3 Å². The lowest BCUT2D eigenvalue weighted by Crippen LogP contribution is -2.34. The summed E-state index contributed by atoms with van der Waals surface area (Å²) >= 11 is 0. The van der Waals surface area contributed by atoms with E-state index in [-0.39, 0.29) is 11.8 Å². The number of nitrogen functional groups attached to an aromatic ring is 1. The Hall–Kier alpha value is -1.42. The smallest absolute Gasteiger partial charge is 0.126 e. The third-order valence-corrected chi connectivity index (χ3v) is 4.02. The SMILES string of the molecule is CC(c1cccnc1N)C(C=O)C1CCNCC1. The molecular formula is C14H21N3O. The standard InChI is InChI=1S/C14H21N3O/c1-10(12-3-2-6-17-14(12)15)13(9-18)11-4-7-16-8-5-11/h2-3,6,9-11,13,16H,4-5,7-8H2,1H3,(H2,15,17). The number of aldehydes is 1. The minimum atomic E-state index is 0.0404. The van der Waals surface area contributed by atoms with Crippen LogP contribution in [0.5, 0.6) is 0 Å². The van der Waals surface area contributed by atoms with Gasteiger partial charge in [-0.2, -0.15) is 0 Å². The van der Waals surface area contributed by atoms with Gasteiger partial charge in [0.25, 0.3) is 0 Å². The summed E-state index contributed by atoms with van der Waals surface area (Å²) < 4.78 is 0. The summed E-state index contributed by atoms with van der Waals surface area (Å²) in [5, 5.41) is 3.33. The van der Waals surface area contributed by atoms with Crippen LogP contribution in [-0.4, -0.2) is 24.4 Å². The molecule has 0 spiro atoms. The number of rotatable bonds is 4. The molecular weight excluding hydrogens is 226 g/mol. The third-order valence-electron chi connectivity index (χ3n) is 4.02. The van der Waals surface area contributed by atoms with E-state index in [1.807, 2.05) is 12.1 Å². The van der Waals surface area contributed by atoms with Gasteiger partial charge in [-0.05, 0) is 49.4 Å². The third kappa shape index (κ3) is 2.70. The molecule has 0 aromatic carbocycles. The van der Waals surface area contributed by atoms with Gasteiger partial charge in [-0.25, -0.2) is 4.98 Å². The highest BCUT2D eigenvalue weighted by Crippen LogP contribution is 2.34. The van der Waals surface area contributed by atoms with Crippen molar-refractivity contribution in [3.63, 3.8) is 0 Å². The first-order valence-electron chi connectivity index (χ1n) is 6.60. The van der Waals surface area contributed by atoms with Crippen LogP contribution >= 0.6 is 0 Å². The van der Waals surface area contributed by atoms with Gasteiger partial charge in [-0.15, -0.1) is 0 Å². The first kappa shape index (κ1) is 13.0. The van der Waals surface area contributed by atoms with Crippen LogP contribution in [0.4, 0.5) is 5.82 Å². The van der Waals surface area contributed by atoms with Crippen LogP contribution in [0.3, 0.4) is 0 Å². The van der Waals surface area contributed by atoms with Crippen molar-refractivity contribution in [2.75, 3.05) is 18.8 Å². The van der Waals surface area contributed by atoms with Crippen molar-refractivity contribution in [3.8, 4) is 0 Å². The van der Waals surface area contributed by atoms with Crippen molar-refractivity contribution in [2.45, 2.75) is 25.7 Å². The minimum absolute atomic E-state index is 0.0404. The fraction of sp³-hybridized carbons (Fsp3) is 0.571. The van der Waals surface area contributed by atoms with Gasteiger partial charge in [-0.1, -0.05) is 13.0 Å². The van der Waals surface area contributed by atoms with E-state index >= 15 is 0 Å². The summed E-state index contributed by atoms with van der Waals surface area (Å²) in [5.74, 6) is 1.18. The van der Waals surface area contributed by atoms with Crippen LogP contribution in [0.2, 0.25) is 0 Å². The minimum Gasteiger partial charge on any atom is -0.383 e. The monoisotopic (exact) mass is 247 g/mol. The molecule has 2 unspecified atom stereocenters. The van der Waals surface area contributed by atoms with Crippen molar-refractivity contribution in [1.29, 1.82) is 0 Å². The van der Waals surface area contributed by atoms with E-state index in [2.05, 4.69) is 17.2 Å². The van der Waals surface area contributed by atoms with E-state index in [9.17, 15) is 4.79 Å². The van der Waals surface area contributed by atoms with Gasteiger partial charge >= 0.3 is 0 Å². The van der Waals surface area contributed by atoms with E-state index < -0.39 is 0 Å². The zero-order valence-electron chi connectivity index (χ0n) is 10.8. The average Bonchev–Trinajstić information content (AvgIpc) is 2.41. The van der Waals surface area contributed by atoms with Gasteiger partial charge in [0, 0.05) is 12.1 Å². The number of carbonyl (C=O) groups is 1.